The minimum atomic E-state index is -0.382. The van der Waals surface area contributed by atoms with Gasteiger partial charge in [0, 0.05) is 18.1 Å². The molecule has 1 atom stereocenters. The number of carbonyl (C=O) groups excluding carboxylic acids is 1. The van der Waals surface area contributed by atoms with Gasteiger partial charge >= 0.3 is 0 Å². The number of aromatic nitrogens is 4. The molecule has 0 aliphatic carbocycles. The molecule has 6 nitrogen and oxygen atoms in total. The van der Waals surface area contributed by atoms with Crippen LogP contribution in [0, 0.1) is 6.92 Å². The molecule has 3 aromatic rings. The number of aryl methyl sites for hydroxylation is 1. The van der Waals surface area contributed by atoms with Gasteiger partial charge < -0.3 is 5.32 Å². The van der Waals surface area contributed by atoms with E-state index >= 15 is 0 Å². The van der Waals surface area contributed by atoms with Gasteiger partial charge in [0.2, 0.25) is 5.91 Å². The Balaban J connectivity index is 1.68. The van der Waals surface area contributed by atoms with Crippen LogP contribution in [0.15, 0.2) is 49.1 Å². The standard InChI is InChI=1S/C17H18ClN5O/c1-12-7-20-23(9-12)13(2)17(24)21-16-5-3-4-14(6-16)10-22-11-15(18)8-19-22/h3-9,11,13H,10H2,1-2H3,(H,21,24). The molecule has 0 bridgehead atoms. The van der Waals surface area contributed by atoms with Crippen LogP contribution in [0.25, 0.3) is 0 Å². The summed E-state index contributed by atoms with van der Waals surface area (Å²) >= 11 is 5.87. The highest BCUT2D eigenvalue weighted by molar-refractivity contribution is 6.30. The lowest BCUT2D eigenvalue weighted by Gasteiger charge is -2.13. The van der Waals surface area contributed by atoms with Crippen LogP contribution in [-0.2, 0) is 11.3 Å². The third kappa shape index (κ3) is 3.83. The van der Waals surface area contributed by atoms with Crippen molar-refractivity contribution in [1.29, 1.82) is 0 Å². The van der Waals surface area contributed by atoms with Crippen LogP contribution < -0.4 is 5.32 Å². The molecular formula is C17H18ClN5O. The molecule has 7 heteroatoms. The molecule has 1 N–H and O–H groups in total. The Morgan fingerprint density at radius 3 is 2.79 bits per heavy atom. The molecule has 2 aromatic heterocycles. The summed E-state index contributed by atoms with van der Waals surface area (Å²) in [5.74, 6) is -0.114. The van der Waals surface area contributed by atoms with Gasteiger partial charge in [-0.3, -0.25) is 14.2 Å². The average molecular weight is 344 g/mol. The summed E-state index contributed by atoms with van der Waals surface area (Å²) in [6.45, 7) is 4.35. The highest BCUT2D eigenvalue weighted by Crippen LogP contribution is 2.15. The number of benzene rings is 1. The van der Waals surface area contributed by atoms with Crippen molar-refractivity contribution >= 4 is 23.2 Å². The smallest absolute Gasteiger partial charge is 0.248 e. The zero-order valence-corrected chi connectivity index (χ0v) is 14.2. The van der Waals surface area contributed by atoms with E-state index in [4.69, 9.17) is 11.6 Å². The molecule has 124 valence electrons. The van der Waals surface area contributed by atoms with E-state index in [1.54, 1.807) is 28.0 Å². The van der Waals surface area contributed by atoms with Crippen LogP contribution >= 0.6 is 11.6 Å². The molecule has 24 heavy (non-hydrogen) atoms. The van der Waals surface area contributed by atoms with Crippen LogP contribution in [0.5, 0.6) is 0 Å². The second-order valence-electron chi connectivity index (χ2n) is 5.72. The lowest BCUT2D eigenvalue weighted by Crippen LogP contribution is -2.24. The highest BCUT2D eigenvalue weighted by atomic mass is 35.5. The summed E-state index contributed by atoms with van der Waals surface area (Å²) < 4.78 is 3.40. The third-order valence-electron chi connectivity index (χ3n) is 3.65. The van der Waals surface area contributed by atoms with Gasteiger partial charge in [-0.25, -0.2) is 0 Å². The molecule has 0 aliphatic rings. The monoisotopic (exact) mass is 343 g/mol. The van der Waals surface area contributed by atoms with E-state index in [1.807, 2.05) is 44.3 Å². The Morgan fingerprint density at radius 1 is 1.29 bits per heavy atom. The van der Waals surface area contributed by atoms with Crippen molar-refractivity contribution in [3.8, 4) is 0 Å². The first-order valence-electron chi connectivity index (χ1n) is 7.60. The number of hydrogen-bond donors (Lipinski definition) is 1. The van der Waals surface area contributed by atoms with Gasteiger partial charge in [-0.2, -0.15) is 10.2 Å². The van der Waals surface area contributed by atoms with Gasteiger partial charge in [0.05, 0.1) is 24.0 Å². The first kappa shape index (κ1) is 16.3. The molecule has 2 heterocycles. The second kappa shape index (κ2) is 6.88. The number of nitrogens with one attached hydrogen (secondary N) is 1. The van der Waals surface area contributed by atoms with Gasteiger partial charge in [0.15, 0.2) is 0 Å². The maximum Gasteiger partial charge on any atom is 0.248 e. The predicted octanol–water partition coefficient (Wildman–Crippen LogP) is 3.29. The summed E-state index contributed by atoms with van der Waals surface area (Å²) in [7, 11) is 0. The summed E-state index contributed by atoms with van der Waals surface area (Å²) in [5, 5.41) is 11.9. The van der Waals surface area contributed by atoms with Crippen LogP contribution in [0.4, 0.5) is 5.69 Å². The van der Waals surface area contributed by atoms with Gasteiger partial charge in [-0.15, -0.1) is 0 Å². The van der Waals surface area contributed by atoms with Crippen molar-refractivity contribution < 1.29 is 4.79 Å². The van der Waals surface area contributed by atoms with Gasteiger partial charge in [0.25, 0.3) is 0 Å². The van der Waals surface area contributed by atoms with E-state index in [0.717, 1.165) is 16.8 Å². The minimum absolute atomic E-state index is 0.114. The summed E-state index contributed by atoms with van der Waals surface area (Å²) in [5.41, 5.74) is 2.79. The van der Waals surface area contributed by atoms with Crippen molar-refractivity contribution in [1.82, 2.24) is 19.6 Å². The maximum atomic E-state index is 12.4. The van der Waals surface area contributed by atoms with Crippen LogP contribution in [0.1, 0.15) is 24.1 Å². The lowest BCUT2D eigenvalue weighted by atomic mass is 10.2. The minimum Gasteiger partial charge on any atom is -0.324 e. The number of nitrogens with zero attached hydrogens (tertiary/aromatic N) is 4. The number of carbonyl (C=O) groups is 1. The normalized spacial score (nSPS) is 12.1. The molecule has 3 rings (SSSR count). The Hall–Kier alpha value is -2.60. The van der Waals surface area contributed by atoms with E-state index < -0.39 is 0 Å². The fourth-order valence-corrected chi connectivity index (χ4v) is 2.53. The SMILES string of the molecule is Cc1cnn(C(C)C(=O)Nc2cccc(Cn3cc(Cl)cn3)c2)c1. The number of halogens is 1. The van der Waals surface area contributed by atoms with E-state index in [-0.39, 0.29) is 11.9 Å². The van der Waals surface area contributed by atoms with Gasteiger partial charge in [0.1, 0.15) is 6.04 Å². The van der Waals surface area contributed by atoms with E-state index in [2.05, 4.69) is 15.5 Å². The summed E-state index contributed by atoms with van der Waals surface area (Å²) in [4.78, 5) is 12.4. The molecular weight excluding hydrogens is 326 g/mol. The summed E-state index contributed by atoms with van der Waals surface area (Å²) in [6.07, 6.45) is 6.94. The first-order chi connectivity index (χ1) is 11.5. The molecule has 0 aliphatic heterocycles. The highest BCUT2D eigenvalue weighted by Gasteiger charge is 2.15. The second-order valence-corrected chi connectivity index (χ2v) is 6.16. The number of rotatable bonds is 5. The van der Waals surface area contributed by atoms with E-state index in [0.29, 0.717) is 11.6 Å². The molecule has 0 radical (unpaired) electrons. The zero-order valence-electron chi connectivity index (χ0n) is 13.5. The third-order valence-corrected chi connectivity index (χ3v) is 3.84. The fraction of sp³-hybridized carbons (Fsp3) is 0.235. The lowest BCUT2D eigenvalue weighted by molar-refractivity contribution is -0.119. The van der Waals surface area contributed by atoms with Crippen LogP contribution in [0.2, 0.25) is 5.02 Å². The van der Waals surface area contributed by atoms with E-state index in [1.165, 1.54) is 0 Å². The van der Waals surface area contributed by atoms with Crippen molar-refractivity contribution in [2.75, 3.05) is 5.32 Å². The molecule has 0 spiro atoms. The Kier molecular flexibility index (Phi) is 4.66. The van der Waals surface area contributed by atoms with Crippen molar-refractivity contribution in [3.05, 3.63) is 65.2 Å². The quantitative estimate of drug-likeness (QED) is 0.773. The molecule has 0 saturated carbocycles. The van der Waals surface area contributed by atoms with Gasteiger partial charge in [-0.1, -0.05) is 23.7 Å². The van der Waals surface area contributed by atoms with Crippen LogP contribution in [-0.4, -0.2) is 25.5 Å². The van der Waals surface area contributed by atoms with Crippen LogP contribution in [0.3, 0.4) is 0 Å². The number of amides is 1. The number of anilines is 1. The van der Waals surface area contributed by atoms with Crippen molar-refractivity contribution in [3.63, 3.8) is 0 Å². The van der Waals surface area contributed by atoms with Gasteiger partial charge in [-0.05, 0) is 37.1 Å². The average Bonchev–Trinajstić information content (AvgIpc) is 3.15. The Morgan fingerprint density at radius 2 is 2.12 bits per heavy atom. The maximum absolute atomic E-state index is 12.4. The topological polar surface area (TPSA) is 64.7 Å². The Labute approximate surface area is 145 Å². The fourth-order valence-electron chi connectivity index (χ4n) is 2.37. The molecule has 1 unspecified atom stereocenters. The number of hydrogen-bond acceptors (Lipinski definition) is 3. The summed E-state index contributed by atoms with van der Waals surface area (Å²) in [6, 6.07) is 7.28. The largest absolute Gasteiger partial charge is 0.324 e. The Bertz CT molecular complexity index is 854. The molecule has 0 saturated heterocycles. The predicted molar refractivity (Wildman–Crippen MR) is 93.1 cm³/mol. The molecule has 1 amide bonds. The van der Waals surface area contributed by atoms with E-state index in [9.17, 15) is 4.79 Å². The van der Waals surface area contributed by atoms with Crippen molar-refractivity contribution in [2.45, 2.75) is 26.4 Å². The zero-order chi connectivity index (χ0) is 17.1. The molecule has 1 aromatic carbocycles. The van der Waals surface area contributed by atoms with Crippen molar-refractivity contribution in [2.24, 2.45) is 0 Å². The first-order valence-corrected chi connectivity index (χ1v) is 7.97. The molecule has 0 fully saturated rings.